The lowest BCUT2D eigenvalue weighted by molar-refractivity contribution is -0.180. The largest absolute Gasteiger partial charge is 0.458 e. The van der Waals surface area contributed by atoms with Crippen LogP contribution in [-0.2, 0) is 14.3 Å². The van der Waals surface area contributed by atoms with Crippen molar-refractivity contribution in [3.8, 4) is 0 Å². The van der Waals surface area contributed by atoms with Crippen molar-refractivity contribution in [1.29, 1.82) is 0 Å². The quantitative estimate of drug-likeness (QED) is 0.792. The second kappa shape index (κ2) is 7.52. The summed E-state index contributed by atoms with van der Waals surface area (Å²) in [6.07, 6.45) is 0.438. The third-order valence-corrected chi connectivity index (χ3v) is 4.48. The number of rotatable bonds is 6. The van der Waals surface area contributed by atoms with Crippen LogP contribution in [0.25, 0.3) is 0 Å². The molecule has 1 amide bonds. The monoisotopic (exact) mass is 351 g/mol. The highest BCUT2D eigenvalue weighted by atomic mass is 19.1. The van der Waals surface area contributed by atoms with Crippen molar-refractivity contribution in [3.63, 3.8) is 0 Å². The fourth-order valence-corrected chi connectivity index (χ4v) is 2.78. The summed E-state index contributed by atoms with van der Waals surface area (Å²) in [5, 5.41) is 2.36. The Morgan fingerprint density at radius 3 is 2.56 bits per heavy atom. The Bertz CT molecular complexity index is 657. The summed E-state index contributed by atoms with van der Waals surface area (Å²) in [5.74, 6) is -1.09. The van der Waals surface area contributed by atoms with Gasteiger partial charge in [-0.1, -0.05) is 27.7 Å². The first kappa shape index (κ1) is 19.4. The van der Waals surface area contributed by atoms with Crippen molar-refractivity contribution in [2.24, 2.45) is 11.3 Å². The van der Waals surface area contributed by atoms with Gasteiger partial charge in [0.05, 0.1) is 17.4 Å². The van der Waals surface area contributed by atoms with E-state index in [1.807, 2.05) is 13.8 Å². The molecule has 0 aliphatic heterocycles. The summed E-state index contributed by atoms with van der Waals surface area (Å²) in [5.41, 5.74) is -0.106. The van der Waals surface area contributed by atoms with Crippen LogP contribution in [0, 0.1) is 17.2 Å². The van der Waals surface area contributed by atoms with Crippen molar-refractivity contribution in [3.05, 3.63) is 29.6 Å². The second-order valence-electron chi connectivity index (χ2n) is 7.54. The molecule has 1 fully saturated rings. The summed E-state index contributed by atoms with van der Waals surface area (Å²) >= 11 is 0. The van der Waals surface area contributed by atoms with Crippen LogP contribution >= 0.6 is 0 Å². The van der Waals surface area contributed by atoms with Gasteiger partial charge in [0.25, 0.3) is 0 Å². The number of nitrogens with one attached hydrogen (secondary N) is 1. The van der Waals surface area contributed by atoms with Crippen molar-refractivity contribution in [2.45, 2.75) is 53.2 Å². The average Bonchev–Trinajstić information content (AvgIpc) is 2.51. The second-order valence-corrected chi connectivity index (χ2v) is 7.54. The first-order valence-corrected chi connectivity index (χ1v) is 8.51. The highest BCUT2D eigenvalue weighted by Crippen LogP contribution is 2.45. The molecule has 2 atom stereocenters. The minimum Gasteiger partial charge on any atom is -0.458 e. The van der Waals surface area contributed by atoms with Gasteiger partial charge in [-0.05, 0) is 24.1 Å². The van der Waals surface area contributed by atoms with E-state index in [4.69, 9.17) is 9.47 Å². The van der Waals surface area contributed by atoms with Crippen molar-refractivity contribution >= 4 is 17.6 Å². The Morgan fingerprint density at radius 1 is 1.32 bits per heavy atom. The number of halogens is 1. The molecular formula is C19H26FNO4. The van der Waals surface area contributed by atoms with Crippen molar-refractivity contribution in [1.82, 2.24) is 0 Å². The summed E-state index contributed by atoms with van der Waals surface area (Å²) < 4.78 is 25.1. The van der Waals surface area contributed by atoms with Crippen LogP contribution in [-0.4, -0.2) is 30.7 Å². The molecular weight excluding hydrogens is 325 g/mol. The number of esters is 1. The van der Waals surface area contributed by atoms with Gasteiger partial charge in [0.1, 0.15) is 11.9 Å². The zero-order chi connectivity index (χ0) is 18.8. The average molecular weight is 351 g/mol. The fourth-order valence-electron chi connectivity index (χ4n) is 2.78. The van der Waals surface area contributed by atoms with Gasteiger partial charge in [-0.25, -0.2) is 9.18 Å². The lowest BCUT2D eigenvalue weighted by Gasteiger charge is -2.50. The van der Waals surface area contributed by atoms with Crippen LogP contribution in [0.1, 0.15) is 51.4 Å². The summed E-state index contributed by atoms with van der Waals surface area (Å²) in [7, 11) is 0. The van der Waals surface area contributed by atoms with E-state index >= 15 is 0 Å². The molecule has 25 heavy (non-hydrogen) atoms. The smallest absolute Gasteiger partial charge is 0.338 e. The predicted octanol–water partition coefficient (Wildman–Crippen LogP) is 3.78. The van der Waals surface area contributed by atoms with Gasteiger partial charge < -0.3 is 14.8 Å². The molecule has 0 aromatic heterocycles. The van der Waals surface area contributed by atoms with Gasteiger partial charge in [0, 0.05) is 25.4 Å². The molecule has 0 spiro atoms. The highest BCUT2D eigenvalue weighted by Gasteiger charge is 2.51. The third kappa shape index (κ3) is 4.57. The summed E-state index contributed by atoms with van der Waals surface area (Å²) in [4.78, 5) is 23.5. The number of hydrogen-bond acceptors (Lipinski definition) is 4. The van der Waals surface area contributed by atoms with Crippen LogP contribution in [0.3, 0.4) is 0 Å². The van der Waals surface area contributed by atoms with Gasteiger partial charge >= 0.3 is 5.97 Å². The molecule has 1 aromatic carbocycles. The van der Waals surface area contributed by atoms with Crippen LogP contribution in [0.5, 0.6) is 0 Å². The van der Waals surface area contributed by atoms with Gasteiger partial charge in [-0.15, -0.1) is 0 Å². The van der Waals surface area contributed by atoms with E-state index in [0.29, 0.717) is 18.9 Å². The molecule has 1 aliphatic carbocycles. The molecule has 1 saturated carbocycles. The van der Waals surface area contributed by atoms with E-state index < -0.39 is 17.7 Å². The minimum absolute atomic E-state index is 0.0343. The Balaban J connectivity index is 2.00. The lowest BCUT2D eigenvalue weighted by Crippen LogP contribution is -2.56. The molecule has 0 unspecified atom stereocenters. The molecule has 1 N–H and O–H groups in total. The Kier molecular flexibility index (Phi) is 5.83. The van der Waals surface area contributed by atoms with Crippen LogP contribution < -0.4 is 5.32 Å². The zero-order valence-corrected chi connectivity index (χ0v) is 15.4. The molecule has 1 aromatic rings. The number of benzene rings is 1. The first-order chi connectivity index (χ1) is 11.6. The van der Waals surface area contributed by atoms with Crippen LogP contribution in [0.4, 0.5) is 10.1 Å². The highest BCUT2D eigenvalue weighted by molar-refractivity contribution is 5.94. The Hall–Kier alpha value is -1.95. The Morgan fingerprint density at radius 2 is 2.00 bits per heavy atom. The van der Waals surface area contributed by atoms with E-state index in [0.717, 1.165) is 6.07 Å². The predicted molar refractivity (Wildman–Crippen MR) is 92.9 cm³/mol. The lowest BCUT2D eigenvalue weighted by atomic mass is 9.66. The van der Waals surface area contributed by atoms with Crippen molar-refractivity contribution in [2.75, 3.05) is 11.9 Å². The van der Waals surface area contributed by atoms with E-state index in [1.54, 1.807) is 0 Å². The number of carbonyl (C=O) groups is 2. The summed E-state index contributed by atoms with van der Waals surface area (Å²) in [6.45, 7) is 10.1. The first-order valence-electron chi connectivity index (χ1n) is 8.51. The standard InChI is InChI=1S/C19H26FNO4/c1-11(2)10-24-16-9-17(19(16,4)5)25-18(23)13-6-7-14(20)15(8-13)21-12(3)22/h6-8,11,16-17H,9-10H2,1-5H3,(H,21,22)/t16-,17+/m1/s1. The van der Waals surface area contributed by atoms with Gasteiger partial charge in [-0.2, -0.15) is 0 Å². The van der Waals surface area contributed by atoms with E-state index in [-0.39, 0.29) is 28.9 Å². The van der Waals surface area contributed by atoms with Gasteiger partial charge in [0.2, 0.25) is 5.91 Å². The topological polar surface area (TPSA) is 64.6 Å². The summed E-state index contributed by atoms with van der Waals surface area (Å²) in [6, 6.07) is 3.78. The Labute approximate surface area is 147 Å². The normalized spacial score (nSPS) is 21.6. The van der Waals surface area contributed by atoms with Crippen LogP contribution in [0.2, 0.25) is 0 Å². The third-order valence-electron chi connectivity index (χ3n) is 4.48. The number of carbonyl (C=O) groups excluding carboxylic acids is 2. The molecule has 0 saturated heterocycles. The molecule has 2 rings (SSSR count). The van der Waals surface area contributed by atoms with E-state index in [2.05, 4.69) is 19.2 Å². The molecule has 6 heteroatoms. The molecule has 138 valence electrons. The molecule has 1 aliphatic rings. The SMILES string of the molecule is CC(=O)Nc1cc(C(=O)O[C@H]2C[C@@H](OCC(C)C)C2(C)C)ccc1F. The zero-order valence-electron chi connectivity index (χ0n) is 15.4. The van der Waals surface area contributed by atoms with Gasteiger partial charge in [-0.3, -0.25) is 4.79 Å². The minimum atomic E-state index is -0.599. The number of hydrogen-bond donors (Lipinski definition) is 1. The number of anilines is 1. The van der Waals surface area contributed by atoms with E-state index in [9.17, 15) is 14.0 Å². The van der Waals surface area contributed by atoms with Gasteiger partial charge in [0.15, 0.2) is 0 Å². The maximum absolute atomic E-state index is 13.7. The van der Waals surface area contributed by atoms with E-state index in [1.165, 1.54) is 19.1 Å². The molecule has 0 heterocycles. The number of amides is 1. The maximum Gasteiger partial charge on any atom is 0.338 e. The molecule has 5 nitrogen and oxygen atoms in total. The fraction of sp³-hybridized carbons (Fsp3) is 0.579. The molecule has 0 bridgehead atoms. The molecule has 0 radical (unpaired) electrons. The maximum atomic E-state index is 13.7. The van der Waals surface area contributed by atoms with Crippen LogP contribution in [0.15, 0.2) is 18.2 Å². The van der Waals surface area contributed by atoms with Crippen molar-refractivity contribution < 1.29 is 23.5 Å². The number of ether oxygens (including phenoxy) is 2.